The molecule has 0 amide bonds. The maximum absolute atomic E-state index is 9.92. The smallest absolute Gasteiger partial charge is 0.141 e. The molecule has 1 N–H and O–H groups in total. The van der Waals surface area contributed by atoms with Crippen molar-refractivity contribution in [2.24, 2.45) is 5.41 Å². The molecular formula is C16H22O2. The van der Waals surface area contributed by atoms with Crippen LogP contribution in [0.1, 0.15) is 45.2 Å². The fraction of sp³-hybridized carbons (Fsp3) is 0.500. The third-order valence-corrected chi connectivity index (χ3v) is 3.12. The van der Waals surface area contributed by atoms with Gasteiger partial charge in [0.15, 0.2) is 0 Å². The van der Waals surface area contributed by atoms with Gasteiger partial charge in [-0.3, -0.25) is 0 Å². The first kappa shape index (κ1) is 13.0. The highest BCUT2D eigenvalue weighted by Crippen LogP contribution is 2.34. The third-order valence-electron chi connectivity index (χ3n) is 3.12. The summed E-state index contributed by atoms with van der Waals surface area (Å²) in [5.74, 6) is 0.348. The number of rotatable bonds is 3. The standard InChI is InChI=1S/C16H22O2/c1-5-6-13-14(17)8-7-12-11(9-16(2,3)4)10-18-15(12)13/h7-8,10,17H,5-6,9H2,1-4H3. The molecule has 0 spiro atoms. The summed E-state index contributed by atoms with van der Waals surface area (Å²) < 4.78 is 5.70. The van der Waals surface area contributed by atoms with E-state index in [1.165, 1.54) is 5.56 Å². The summed E-state index contributed by atoms with van der Waals surface area (Å²) in [7, 11) is 0. The van der Waals surface area contributed by atoms with E-state index in [0.717, 1.165) is 35.8 Å². The molecule has 98 valence electrons. The number of aryl methyl sites for hydroxylation is 1. The number of hydrogen-bond acceptors (Lipinski definition) is 2. The fourth-order valence-electron chi connectivity index (χ4n) is 2.40. The minimum Gasteiger partial charge on any atom is -0.508 e. The lowest BCUT2D eigenvalue weighted by Gasteiger charge is -2.16. The Hall–Kier alpha value is -1.44. The van der Waals surface area contributed by atoms with Crippen LogP contribution in [0.4, 0.5) is 0 Å². The summed E-state index contributed by atoms with van der Waals surface area (Å²) in [5.41, 5.74) is 3.26. The van der Waals surface area contributed by atoms with E-state index in [4.69, 9.17) is 4.42 Å². The van der Waals surface area contributed by atoms with Crippen molar-refractivity contribution < 1.29 is 9.52 Å². The number of aromatic hydroxyl groups is 1. The zero-order chi connectivity index (χ0) is 13.3. The second kappa shape index (κ2) is 4.68. The molecule has 0 saturated heterocycles. The second-order valence-electron chi connectivity index (χ2n) is 6.19. The summed E-state index contributed by atoms with van der Waals surface area (Å²) >= 11 is 0. The molecule has 0 atom stereocenters. The molecule has 0 bridgehead atoms. The van der Waals surface area contributed by atoms with Crippen LogP contribution >= 0.6 is 0 Å². The zero-order valence-electron chi connectivity index (χ0n) is 11.7. The third kappa shape index (κ3) is 2.53. The molecule has 0 aliphatic rings. The highest BCUT2D eigenvalue weighted by Gasteiger charge is 2.18. The van der Waals surface area contributed by atoms with Crippen molar-refractivity contribution in [2.75, 3.05) is 0 Å². The highest BCUT2D eigenvalue weighted by atomic mass is 16.3. The Kier molecular flexibility index (Phi) is 3.38. The molecule has 1 aromatic heterocycles. The van der Waals surface area contributed by atoms with Crippen LogP contribution in [0, 0.1) is 5.41 Å². The van der Waals surface area contributed by atoms with Crippen molar-refractivity contribution in [3.8, 4) is 5.75 Å². The molecule has 0 fully saturated rings. The van der Waals surface area contributed by atoms with Gasteiger partial charge < -0.3 is 9.52 Å². The van der Waals surface area contributed by atoms with E-state index in [1.807, 2.05) is 12.3 Å². The molecule has 1 heterocycles. The second-order valence-corrected chi connectivity index (χ2v) is 6.19. The molecule has 0 unspecified atom stereocenters. The topological polar surface area (TPSA) is 33.4 Å². The van der Waals surface area contributed by atoms with Crippen LogP contribution in [0.3, 0.4) is 0 Å². The Morgan fingerprint density at radius 1 is 1.22 bits per heavy atom. The van der Waals surface area contributed by atoms with E-state index in [1.54, 1.807) is 6.07 Å². The van der Waals surface area contributed by atoms with Gasteiger partial charge in [-0.2, -0.15) is 0 Å². The van der Waals surface area contributed by atoms with Gasteiger partial charge in [-0.05, 0) is 36.0 Å². The van der Waals surface area contributed by atoms with E-state index < -0.39 is 0 Å². The maximum Gasteiger partial charge on any atom is 0.141 e. The molecule has 2 nitrogen and oxygen atoms in total. The quantitative estimate of drug-likeness (QED) is 0.853. The molecular weight excluding hydrogens is 224 g/mol. The fourth-order valence-corrected chi connectivity index (χ4v) is 2.40. The Morgan fingerprint density at radius 2 is 1.94 bits per heavy atom. The highest BCUT2D eigenvalue weighted by molar-refractivity contribution is 5.86. The van der Waals surface area contributed by atoms with E-state index in [9.17, 15) is 5.11 Å². The summed E-state index contributed by atoms with van der Waals surface area (Å²) in [6, 6.07) is 3.75. The first-order valence-corrected chi connectivity index (χ1v) is 6.63. The van der Waals surface area contributed by atoms with Crippen LogP contribution in [0.5, 0.6) is 5.75 Å². The number of phenolic OH excluding ortho intramolecular Hbond substituents is 1. The Morgan fingerprint density at radius 3 is 2.56 bits per heavy atom. The van der Waals surface area contributed by atoms with Gasteiger partial charge in [-0.25, -0.2) is 0 Å². The van der Waals surface area contributed by atoms with Crippen molar-refractivity contribution in [3.63, 3.8) is 0 Å². The van der Waals surface area contributed by atoms with Gasteiger partial charge in [0, 0.05) is 10.9 Å². The van der Waals surface area contributed by atoms with Gasteiger partial charge in [0.25, 0.3) is 0 Å². The summed E-state index contributed by atoms with van der Waals surface area (Å²) in [6.45, 7) is 8.77. The monoisotopic (exact) mass is 246 g/mol. The number of furan rings is 1. The average molecular weight is 246 g/mol. The van der Waals surface area contributed by atoms with E-state index in [2.05, 4.69) is 27.7 Å². The number of hydrogen-bond donors (Lipinski definition) is 1. The van der Waals surface area contributed by atoms with Crippen LogP contribution in [0.25, 0.3) is 11.0 Å². The van der Waals surface area contributed by atoms with Crippen molar-refractivity contribution in [2.45, 2.75) is 47.0 Å². The average Bonchev–Trinajstić information content (AvgIpc) is 2.64. The first-order chi connectivity index (χ1) is 8.42. The van der Waals surface area contributed by atoms with E-state index in [0.29, 0.717) is 5.75 Å². The van der Waals surface area contributed by atoms with Gasteiger partial charge in [-0.1, -0.05) is 34.1 Å². The Bertz CT molecular complexity index is 544. The molecule has 0 aliphatic carbocycles. The molecule has 2 aromatic rings. The van der Waals surface area contributed by atoms with Gasteiger partial charge in [0.2, 0.25) is 0 Å². The lowest BCUT2D eigenvalue weighted by Crippen LogP contribution is -2.08. The van der Waals surface area contributed by atoms with Crippen LogP contribution in [-0.2, 0) is 12.8 Å². The number of phenols is 1. The lowest BCUT2D eigenvalue weighted by molar-refractivity contribution is 0.410. The SMILES string of the molecule is CCCc1c(O)ccc2c(CC(C)(C)C)coc12. The maximum atomic E-state index is 9.92. The summed E-state index contributed by atoms with van der Waals surface area (Å²) in [6.07, 6.45) is 4.68. The Labute approximate surface area is 109 Å². The van der Waals surface area contributed by atoms with Gasteiger partial charge in [0.05, 0.1) is 6.26 Å². The molecule has 0 saturated carbocycles. The molecule has 0 radical (unpaired) electrons. The summed E-state index contributed by atoms with van der Waals surface area (Å²) in [4.78, 5) is 0. The van der Waals surface area contributed by atoms with Crippen LogP contribution in [-0.4, -0.2) is 5.11 Å². The minimum absolute atomic E-state index is 0.236. The van der Waals surface area contributed by atoms with Crippen molar-refractivity contribution in [1.82, 2.24) is 0 Å². The molecule has 2 heteroatoms. The normalized spacial score (nSPS) is 12.2. The van der Waals surface area contributed by atoms with E-state index >= 15 is 0 Å². The van der Waals surface area contributed by atoms with E-state index in [-0.39, 0.29) is 5.41 Å². The van der Waals surface area contributed by atoms with Crippen molar-refractivity contribution in [1.29, 1.82) is 0 Å². The lowest BCUT2D eigenvalue weighted by atomic mass is 9.88. The van der Waals surface area contributed by atoms with Gasteiger partial charge >= 0.3 is 0 Å². The van der Waals surface area contributed by atoms with Gasteiger partial charge in [-0.15, -0.1) is 0 Å². The Balaban J connectivity index is 2.51. The number of benzene rings is 1. The molecule has 1 aromatic carbocycles. The first-order valence-electron chi connectivity index (χ1n) is 6.63. The summed E-state index contributed by atoms with van der Waals surface area (Å²) in [5, 5.41) is 11.1. The zero-order valence-corrected chi connectivity index (χ0v) is 11.7. The van der Waals surface area contributed by atoms with Crippen LogP contribution < -0.4 is 0 Å². The predicted octanol–water partition coefficient (Wildman–Crippen LogP) is 4.68. The van der Waals surface area contributed by atoms with Gasteiger partial charge in [0.1, 0.15) is 11.3 Å². The van der Waals surface area contributed by atoms with Crippen LogP contribution in [0.2, 0.25) is 0 Å². The van der Waals surface area contributed by atoms with Crippen molar-refractivity contribution >= 4 is 11.0 Å². The van der Waals surface area contributed by atoms with Crippen LogP contribution in [0.15, 0.2) is 22.8 Å². The molecule has 0 aliphatic heterocycles. The predicted molar refractivity (Wildman–Crippen MR) is 75.0 cm³/mol. The van der Waals surface area contributed by atoms with Crippen molar-refractivity contribution in [3.05, 3.63) is 29.5 Å². The molecule has 2 rings (SSSR count). The minimum atomic E-state index is 0.236. The molecule has 18 heavy (non-hydrogen) atoms. The number of fused-ring (bicyclic) bond motifs is 1. The largest absolute Gasteiger partial charge is 0.508 e.